The van der Waals surface area contributed by atoms with Crippen LogP contribution >= 0.6 is 24.0 Å². The molecule has 0 aliphatic rings. The van der Waals surface area contributed by atoms with Crippen LogP contribution in [-0.2, 0) is 6.54 Å². The summed E-state index contributed by atoms with van der Waals surface area (Å²) in [6, 6.07) is 7.83. The van der Waals surface area contributed by atoms with Gasteiger partial charge in [-0.2, -0.15) is 0 Å². The second kappa shape index (κ2) is 9.66. The number of halogens is 1. The predicted molar refractivity (Wildman–Crippen MR) is 91.2 cm³/mol. The van der Waals surface area contributed by atoms with Crippen molar-refractivity contribution >= 4 is 29.9 Å². The minimum atomic E-state index is 0. The van der Waals surface area contributed by atoms with E-state index >= 15 is 0 Å². The number of guanidine groups is 1. The molecule has 19 heavy (non-hydrogen) atoms. The van der Waals surface area contributed by atoms with E-state index in [0.717, 1.165) is 16.9 Å². The van der Waals surface area contributed by atoms with Crippen LogP contribution in [-0.4, -0.2) is 19.1 Å². The third-order valence-corrected chi connectivity index (χ3v) is 2.26. The average Bonchev–Trinajstić information content (AvgIpc) is 2.35. The van der Waals surface area contributed by atoms with Crippen molar-refractivity contribution in [2.75, 3.05) is 13.2 Å². The van der Waals surface area contributed by atoms with Gasteiger partial charge in [0.1, 0.15) is 5.75 Å². The van der Waals surface area contributed by atoms with E-state index in [-0.39, 0.29) is 24.0 Å². The minimum absolute atomic E-state index is 0. The van der Waals surface area contributed by atoms with Crippen LogP contribution in [0.2, 0.25) is 0 Å². The second-order valence-corrected chi connectivity index (χ2v) is 4.05. The summed E-state index contributed by atoms with van der Waals surface area (Å²) in [7, 11) is 0. The molecule has 0 fully saturated rings. The van der Waals surface area contributed by atoms with Crippen LogP contribution in [0, 0.1) is 0 Å². The van der Waals surface area contributed by atoms with E-state index in [2.05, 4.69) is 16.9 Å². The average molecular weight is 375 g/mol. The molecular weight excluding hydrogens is 353 g/mol. The second-order valence-electron chi connectivity index (χ2n) is 4.05. The monoisotopic (exact) mass is 375 g/mol. The summed E-state index contributed by atoms with van der Waals surface area (Å²) >= 11 is 0. The molecule has 5 heteroatoms. The topological polar surface area (TPSA) is 59.6 Å². The van der Waals surface area contributed by atoms with Crippen molar-refractivity contribution in [3.63, 3.8) is 0 Å². The van der Waals surface area contributed by atoms with Crippen molar-refractivity contribution in [1.29, 1.82) is 0 Å². The summed E-state index contributed by atoms with van der Waals surface area (Å²) in [5.74, 6) is 1.28. The SMILES string of the molecule is C=C(C)CNC(N)=NCc1ccccc1OCC.I. The molecule has 1 aromatic carbocycles. The molecule has 0 unspecified atom stereocenters. The molecule has 0 aliphatic heterocycles. The van der Waals surface area contributed by atoms with Crippen LogP contribution in [0.15, 0.2) is 41.4 Å². The number of ether oxygens (including phenoxy) is 1. The van der Waals surface area contributed by atoms with Gasteiger partial charge in [0, 0.05) is 12.1 Å². The molecule has 0 bridgehead atoms. The highest BCUT2D eigenvalue weighted by molar-refractivity contribution is 14.0. The smallest absolute Gasteiger partial charge is 0.189 e. The van der Waals surface area contributed by atoms with Gasteiger partial charge in [0.2, 0.25) is 0 Å². The van der Waals surface area contributed by atoms with E-state index in [4.69, 9.17) is 10.5 Å². The fourth-order valence-corrected chi connectivity index (χ4v) is 1.40. The van der Waals surface area contributed by atoms with E-state index in [9.17, 15) is 0 Å². The molecule has 4 nitrogen and oxygen atoms in total. The molecule has 1 rings (SSSR count). The van der Waals surface area contributed by atoms with Crippen LogP contribution < -0.4 is 15.8 Å². The van der Waals surface area contributed by atoms with Gasteiger partial charge in [0.15, 0.2) is 5.96 Å². The molecule has 0 radical (unpaired) electrons. The zero-order chi connectivity index (χ0) is 13.4. The summed E-state index contributed by atoms with van der Waals surface area (Å²) in [5.41, 5.74) is 7.79. The van der Waals surface area contributed by atoms with Gasteiger partial charge < -0.3 is 15.8 Å². The van der Waals surface area contributed by atoms with Crippen LogP contribution in [0.3, 0.4) is 0 Å². The largest absolute Gasteiger partial charge is 0.494 e. The highest BCUT2D eigenvalue weighted by Gasteiger charge is 2.01. The van der Waals surface area contributed by atoms with Gasteiger partial charge in [-0.3, -0.25) is 0 Å². The fraction of sp³-hybridized carbons (Fsp3) is 0.357. The van der Waals surface area contributed by atoms with Gasteiger partial charge in [-0.25, -0.2) is 4.99 Å². The lowest BCUT2D eigenvalue weighted by molar-refractivity contribution is 0.336. The van der Waals surface area contributed by atoms with Gasteiger partial charge in [-0.15, -0.1) is 24.0 Å². The van der Waals surface area contributed by atoms with Crippen LogP contribution in [0.4, 0.5) is 0 Å². The maximum atomic E-state index is 5.75. The van der Waals surface area contributed by atoms with Gasteiger partial charge in [-0.1, -0.05) is 30.4 Å². The Balaban J connectivity index is 0.00000324. The van der Waals surface area contributed by atoms with E-state index in [0.29, 0.717) is 25.7 Å². The predicted octanol–water partition coefficient (Wildman–Crippen LogP) is 2.68. The first kappa shape index (κ1) is 17.8. The number of hydrogen-bond donors (Lipinski definition) is 2. The minimum Gasteiger partial charge on any atom is -0.494 e. The third-order valence-electron chi connectivity index (χ3n) is 2.26. The summed E-state index contributed by atoms with van der Waals surface area (Å²) in [4.78, 5) is 4.27. The van der Waals surface area contributed by atoms with Crippen LogP contribution in [0.25, 0.3) is 0 Å². The van der Waals surface area contributed by atoms with Crippen molar-refractivity contribution in [2.24, 2.45) is 10.7 Å². The molecule has 1 aromatic rings. The number of aliphatic imine (C=N–C) groups is 1. The number of nitrogens with two attached hydrogens (primary N) is 1. The summed E-state index contributed by atoms with van der Waals surface area (Å²) in [6.07, 6.45) is 0. The van der Waals surface area contributed by atoms with E-state index in [1.807, 2.05) is 38.1 Å². The van der Waals surface area contributed by atoms with Crippen molar-refractivity contribution < 1.29 is 4.74 Å². The zero-order valence-corrected chi connectivity index (χ0v) is 13.8. The number of hydrogen-bond acceptors (Lipinski definition) is 2. The third kappa shape index (κ3) is 7.05. The standard InChI is InChI=1S/C14H21N3O.HI/c1-4-18-13-8-6-5-7-12(13)10-17-14(15)16-9-11(2)3;/h5-8H,2,4,9-10H2,1,3H3,(H3,15,16,17);1H. The molecule has 3 N–H and O–H groups in total. The van der Waals surface area contributed by atoms with E-state index in [1.165, 1.54) is 0 Å². The van der Waals surface area contributed by atoms with Gasteiger partial charge in [0.25, 0.3) is 0 Å². The number of nitrogens with zero attached hydrogens (tertiary/aromatic N) is 1. The summed E-state index contributed by atoms with van der Waals surface area (Å²) < 4.78 is 5.52. The Morgan fingerprint density at radius 1 is 1.42 bits per heavy atom. The molecular formula is C14H22IN3O. The van der Waals surface area contributed by atoms with E-state index in [1.54, 1.807) is 0 Å². The molecule has 0 amide bonds. The first-order valence-corrected chi connectivity index (χ1v) is 6.02. The highest BCUT2D eigenvalue weighted by Crippen LogP contribution is 2.18. The van der Waals surface area contributed by atoms with E-state index < -0.39 is 0 Å². The quantitative estimate of drug-likeness (QED) is 0.348. The van der Waals surface area contributed by atoms with Crippen molar-refractivity contribution in [3.8, 4) is 5.75 Å². The first-order chi connectivity index (χ1) is 8.63. The molecule has 0 aromatic heterocycles. The normalized spacial score (nSPS) is 10.5. The molecule has 0 atom stereocenters. The lowest BCUT2D eigenvalue weighted by Crippen LogP contribution is -2.32. The molecule has 0 heterocycles. The van der Waals surface area contributed by atoms with Gasteiger partial charge >= 0.3 is 0 Å². The number of nitrogens with one attached hydrogen (secondary N) is 1. The maximum Gasteiger partial charge on any atom is 0.189 e. The first-order valence-electron chi connectivity index (χ1n) is 6.02. The zero-order valence-electron chi connectivity index (χ0n) is 11.5. The Morgan fingerprint density at radius 3 is 2.74 bits per heavy atom. The number of benzene rings is 1. The Labute approximate surface area is 132 Å². The Hall–Kier alpha value is -1.24. The van der Waals surface area contributed by atoms with Gasteiger partial charge in [-0.05, 0) is 19.9 Å². The Kier molecular flexibility index (Phi) is 9.03. The summed E-state index contributed by atoms with van der Waals surface area (Å²) in [5, 5.41) is 2.99. The fourth-order valence-electron chi connectivity index (χ4n) is 1.40. The number of rotatable bonds is 6. The van der Waals surface area contributed by atoms with Crippen LogP contribution in [0.1, 0.15) is 19.4 Å². The lowest BCUT2D eigenvalue weighted by Gasteiger charge is -2.09. The van der Waals surface area contributed by atoms with Gasteiger partial charge in [0.05, 0.1) is 13.2 Å². The molecule has 0 saturated heterocycles. The Bertz CT molecular complexity index is 432. The molecule has 106 valence electrons. The lowest BCUT2D eigenvalue weighted by atomic mass is 10.2. The van der Waals surface area contributed by atoms with Crippen molar-refractivity contribution in [2.45, 2.75) is 20.4 Å². The Morgan fingerprint density at radius 2 is 2.11 bits per heavy atom. The number of para-hydroxylation sites is 1. The maximum absolute atomic E-state index is 5.75. The molecule has 0 aliphatic carbocycles. The highest BCUT2D eigenvalue weighted by atomic mass is 127. The molecule has 0 spiro atoms. The van der Waals surface area contributed by atoms with Crippen molar-refractivity contribution in [3.05, 3.63) is 42.0 Å². The van der Waals surface area contributed by atoms with Crippen LogP contribution in [0.5, 0.6) is 5.75 Å². The summed E-state index contributed by atoms with van der Waals surface area (Å²) in [6.45, 7) is 9.48. The molecule has 0 saturated carbocycles. The van der Waals surface area contributed by atoms with Crippen molar-refractivity contribution in [1.82, 2.24) is 5.32 Å².